The Labute approximate surface area is 233 Å². The van der Waals surface area contributed by atoms with Crippen LogP contribution in [0.25, 0.3) is 0 Å². The molecule has 1 atom stereocenters. The minimum absolute atomic E-state index is 0.00529. The van der Waals surface area contributed by atoms with Crippen molar-refractivity contribution in [1.29, 1.82) is 0 Å². The van der Waals surface area contributed by atoms with E-state index in [1.165, 1.54) is 18.2 Å². The van der Waals surface area contributed by atoms with Gasteiger partial charge in [0, 0.05) is 18.9 Å². The molecule has 1 unspecified atom stereocenters. The minimum atomic E-state index is -4.63. The lowest BCUT2D eigenvalue weighted by Crippen LogP contribution is -2.44. The molecule has 1 amide bonds. The molecule has 220 valence electrons. The SMILES string of the molecule is CC.CC.O=C(NC(Cc1ccccc1F)CS(=O)(=O)NCc1cncc(C(F)(F)F)c1)OCc1ccccc1. The normalized spacial score (nSPS) is 11.7. The number of benzene rings is 2. The van der Waals surface area contributed by atoms with Crippen LogP contribution in [0.4, 0.5) is 22.4 Å². The zero-order valence-corrected chi connectivity index (χ0v) is 23.7. The van der Waals surface area contributed by atoms with E-state index in [4.69, 9.17) is 4.74 Å². The highest BCUT2D eigenvalue weighted by molar-refractivity contribution is 7.89. The number of hydrogen-bond acceptors (Lipinski definition) is 5. The van der Waals surface area contributed by atoms with Crippen molar-refractivity contribution in [2.24, 2.45) is 0 Å². The largest absolute Gasteiger partial charge is 0.445 e. The number of sulfonamides is 1. The maximum Gasteiger partial charge on any atom is 0.417 e. The number of amides is 1. The number of rotatable bonds is 10. The molecule has 40 heavy (non-hydrogen) atoms. The number of carbonyl (C=O) groups excluding carboxylic acids is 1. The molecule has 0 radical (unpaired) electrons. The van der Waals surface area contributed by atoms with Crippen molar-refractivity contribution in [1.82, 2.24) is 15.0 Å². The van der Waals surface area contributed by atoms with E-state index in [1.54, 1.807) is 36.4 Å². The quantitative estimate of drug-likeness (QED) is 0.274. The number of nitrogens with zero attached hydrogens (tertiary/aromatic N) is 1. The van der Waals surface area contributed by atoms with E-state index in [2.05, 4.69) is 15.0 Å². The van der Waals surface area contributed by atoms with Crippen LogP contribution in [0.1, 0.15) is 49.9 Å². The van der Waals surface area contributed by atoms with E-state index in [9.17, 15) is 30.8 Å². The van der Waals surface area contributed by atoms with Gasteiger partial charge in [-0.15, -0.1) is 0 Å². The van der Waals surface area contributed by atoms with Crippen LogP contribution in [-0.2, 0) is 40.5 Å². The van der Waals surface area contributed by atoms with Crippen LogP contribution in [0.3, 0.4) is 0 Å². The number of nitrogens with one attached hydrogen (secondary N) is 2. The molecule has 0 aliphatic carbocycles. The van der Waals surface area contributed by atoms with Gasteiger partial charge in [0.1, 0.15) is 12.4 Å². The molecular weight excluding hydrogens is 550 g/mol. The van der Waals surface area contributed by atoms with Gasteiger partial charge in [-0.1, -0.05) is 76.2 Å². The first-order valence-corrected chi connectivity index (χ1v) is 14.4. The summed E-state index contributed by atoms with van der Waals surface area (Å²) < 4.78 is 85.6. The number of alkyl carbamates (subject to hydrolysis) is 1. The Hall–Kier alpha value is -3.51. The van der Waals surface area contributed by atoms with Crippen molar-refractivity contribution in [3.63, 3.8) is 0 Å². The summed E-state index contributed by atoms with van der Waals surface area (Å²) in [6, 6.07) is 14.2. The second-order valence-electron chi connectivity index (χ2n) is 7.88. The molecule has 12 heteroatoms. The molecule has 0 bridgehead atoms. The molecule has 0 saturated carbocycles. The molecule has 0 aliphatic heterocycles. The lowest BCUT2D eigenvalue weighted by Gasteiger charge is -2.19. The number of carbonyl (C=O) groups is 1. The predicted octanol–water partition coefficient (Wildman–Crippen LogP) is 6.25. The summed E-state index contributed by atoms with van der Waals surface area (Å²) in [5.74, 6) is -1.25. The Kier molecular flexibility index (Phi) is 14.9. The molecule has 3 rings (SSSR count). The molecular formula is C28H35F4N3O4S. The number of alkyl halides is 3. The van der Waals surface area contributed by atoms with Crippen molar-refractivity contribution in [3.8, 4) is 0 Å². The van der Waals surface area contributed by atoms with Crippen molar-refractivity contribution < 1.29 is 35.5 Å². The van der Waals surface area contributed by atoms with Gasteiger partial charge in [-0.05, 0) is 35.2 Å². The maximum atomic E-state index is 14.2. The fourth-order valence-corrected chi connectivity index (χ4v) is 4.50. The Morgan fingerprint density at radius 2 is 1.57 bits per heavy atom. The number of hydrogen-bond donors (Lipinski definition) is 2. The second-order valence-corrected chi connectivity index (χ2v) is 9.73. The zero-order valence-electron chi connectivity index (χ0n) is 22.8. The van der Waals surface area contributed by atoms with E-state index in [0.717, 1.165) is 12.3 Å². The maximum absolute atomic E-state index is 14.2. The fraction of sp³-hybridized carbons (Fsp3) is 0.357. The van der Waals surface area contributed by atoms with Gasteiger partial charge in [0.15, 0.2) is 0 Å². The Balaban J connectivity index is 0.00000191. The van der Waals surface area contributed by atoms with E-state index >= 15 is 0 Å². The second kappa shape index (κ2) is 17.2. The molecule has 0 spiro atoms. The molecule has 3 aromatic rings. The monoisotopic (exact) mass is 585 g/mol. The van der Waals surface area contributed by atoms with Crippen LogP contribution < -0.4 is 10.0 Å². The lowest BCUT2D eigenvalue weighted by molar-refractivity contribution is -0.137. The topological polar surface area (TPSA) is 97.4 Å². The molecule has 0 fully saturated rings. The summed E-state index contributed by atoms with van der Waals surface area (Å²) in [6.07, 6.45) is -3.96. The Morgan fingerprint density at radius 3 is 2.20 bits per heavy atom. The van der Waals surface area contributed by atoms with Crippen LogP contribution in [-0.4, -0.2) is 31.3 Å². The molecule has 7 nitrogen and oxygen atoms in total. The number of halogens is 4. The summed E-state index contributed by atoms with van der Waals surface area (Å²) in [6.45, 7) is 7.48. The highest BCUT2D eigenvalue weighted by Crippen LogP contribution is 2.28. The van der Waals surface area contributed by atoms with Gasteiger partial charge in [-0.3, -0.25) is 4.98 Å². The summed E-state index contributed by atoms with van der Waals surface area (Å²) in [4.78, 5) is 15.8. The number of pyridine rings is 1. The molecule has 0 saturated heterocycles. The minimum Gasteiger partial charge on any atom is -0.445 e. The third kappa shape index (κ3) is 12.6. The van der Waals surface area contributed by atoms with Crippen LogP contribution in [0.2, 0.25) is 0 Å². The predicted molar refractivity (Wildman–Crippen MR) is 146 cm³/mol. The number of aromatic nitrogens is 1. The highest BCUT2D eigenvalue weighted by atomic mass is 32.2. The molecule has 0 aliphatic rings. The van der Waals surface area contributed by atoms with Crippen molar-refractivity contribution >= 4 is 16.1 Å². The lowest BCUT2D eigenvalue weighted by atomic mass is 10.1. The summed E-state index contributed by atoms with van der Waals surface area (Å²) in [5.41, 5.74) is -0.140. The van der Waals surface area contributed by atoms with E-state index in [0.29, 0.717) is 11.8 Å². The number of ether oxygens (including phenoxy) is 1. The average Bonchev–Trinajstić information content (AvgIpc) is 2.94. The summed E-state index contributed by atoms with van der Waals surface area (Å²) in [5, 5.41) is 2.44. The molecule has 1 aromatic heterocycles. The van der Waals surface area contributed by atoms with Gasteiger partial charge in [-0.2, -0.15) is 13.2 Å². The fourth-order valence-electron chi connectivity index (χ4n) is 3.27. The van der Waals surface area contributed by atoms with Crippen molar-refractivity contribution in [3.05, 3.63) is 101 Å². The summed E-state index contributed by atoms with van der Waals surface area (Å²) >= 11 is 0. The van der Waals surface area contributed by atoms with Crippen LogP contribution in [0, 0.1) is 5.82 Å². The van der Waals surface area contributed by atoms with Gasteiger partial charge in [-0.25, -0.2) is 22.3 Å². The van der Waals surface area contributed by atoms with Gasteiger partial charge in [0.05, 0.1) is 17.4 Å². The Bertz CT molecular complexity index is 1270. The first kappa shape index (κ1) is 34.5. The van der Waals surface area contributed by atoms with E-state index < -0.39 is 52.0 Å². The molecule has 1 heterocycles. The third-order valence-corrected chi connectivity index (χ3v) is 6.42. The smallest absolute Gasteiger partial charge is 0.417 e. The van der Waals surface area contributed by atoms with Gasteiger partial charge in [0.2, 0.25) is 10.0 Å². The molecule has 2 N–H and O–H groups in total. The van der Waals surface area contributed by atoms with Gasteiger partial charge >= 0.3 is 12.3 Å². The first-order chi connectivity index (χ1) is 19.0. The zero-order chi connectivity index (χ0) is 30.2. The van der Waals surface area contributed by atoms with Gasteiger partial charge < -0.3 is 10.1 Å². The first-order valence-electron chi connectivity index (χ1n) is 12.7. The van der Waals surface area contributed by atoms with Gasteiger partial charge in [0.25, 0.3) is 0 Å². The highest BCUT2D eigenvalue weighted by Gasteiger charge is 2.31. The van der Waals surface area contributed by atoms with Crippen molar-refractivity contribution in [2.45, 2.75) is 59.5 Å². The van der Waals surface area contributed by atoms with Crippen LogP contribution in [0.5, 0.6) is 0 Å². The average molecular weight is 586 g/mol. The standard InChI is InChI=1S/C24H23F4N3O4S.2C2H6/c25-22-9-5-4-8-19(22)11-21(31-23(32)35-15-17-6-2-1-3-7-17)16-36(33,34)30-13-18-10-20(14-29-12-18)24(26,27)28;2*1-2/h1-10,12,14,21,30H,11,13,15-16H2,(H,31,32);2*1-2H3. The van der Waals surface area contributed by atoms with E-state index in [-0.39, 0.29) is 24.2 Å². The Morgan fingerprint density at radius 1 is 0.950 bits per heavy atom. The van der Waals surface area contributed by atoms with Crippen molar-refractivity contribution in [2.75, 3.05) is 5.75 Å². The van der Waals surface area contributed by atoms with Crippen LogP contribution >= 0.6 is 0 Å². The third-order valence-electron chi connectivity index (χ3n) is 5.00. The van der Waals surface area contributed by atoms with E-state index in [1.807, 2.05) is 27.7 Å². The summed E-state index contributed by atoms with van der Waals surface area (Å²) in [7, 11) is -4.12. The van der Waals surface area contributed by atoms with Crippen LogP contribution in [0.15, 0.2) is 73.1 Å². The molecule has 2 aromatic carbocycles.